The van der Waals surface area contributed by atoms with E-state index in [1.807, 2.05) is 4.90 Å². The largest absolute Gasteiger partial charge is 0.337 e. The van der Waals surface area contributed by atoms with Crippen molar-refractivity contribution in [1.29, 1.82) is 0 Å². The fourth-order valence-corrected chi connectivity index (χ4v) is 4.34. The molecule has 1 amide bonds. The first kappa shape index (κ1) is 18.8. The molecule has 1 aromatic heterocycles. The maximum atomic E-state index is 12.9. The lowest BCUT2D eigenvalue weighted by Crippen LogP contribution is -2.49. The Morgan fingerprint density at radius 2 is 1.79 bits per heavy atom. The summed E-state index contributed by atoms with van der Waals surface area (Å²) in [7, 11) is -3.59. The van der Waals surface area contributed by atoms with E-state index >= 15 is 0 Å². The highest BCUT2D eigenvalue weighted by Gasteiger charge is 2.26. The van der Waals surface area contributed by atoms with Crippen molar-refractivity contribution in [2.24, 2.45) is 5.92 Å². The molecule has 2 heterocycles. The van der Waals surface area contributed by atoms with Crippen LogP contribution in [-0.2, 0) is 10.0 Å². The third kappa shape index (κ3) is 4.31. The van der Waals surface area contributed by atoms with Gasteiger partial charge < -0.3 is 9.80 Å². The molecule has 8 nitrogen and oxygen atoms in total. The van der Waals surface area contributed by atoms with Crippen molar-refractivity contribution >= 4 is 21.9 Å². The third-order valence-corrected chi connectivity index (χ3v) is 6.47. The summed E-state index contributed by atoms with van der Waals surface area (Å²) in [5.41, 5.74) is 0.388. The molecule has 0 spiro atoms. The Morgan fingerprint density at radius 3 is 2.46 bits per heavy atom. The number of hydrogen-bond acceptors (Lipinski definition) is 6. The zero-order valence-electron chi connectivity index (χ0n) is 15.5. The van der Waals surface area contributed by atoms with Crippen molar-refractivity contribution in [3.63, 3.8) is 0 Å². The van der Waals surface area contributed by atoms with Crippen molar-refractivity contribution in [2.75, 3.05) is 37.6 Å². The molecule has 2 fully saturated rings. The number of hydrogen-bond donors (Lipinski definition) is 1. The van der Waals surface area contributed by atoms with Crippen molar-refractivity contribution in [3.05, 3.63) is 48.3 Å². The zero-order chi connectivity index (χ0) is 19.6. The lowest BCUT2D eigenvalue weighted by atomic mass is 10.2. The fourth-order valence-electron chi connectivity index (χ4n) is 3.18. The first-order valence-corrected chi connectivity index (χ1v) is 10.9. The summed E-state index contributed by atoms with van der Waals surface area (Å²) in [6.07, 6.45) is 5.54. The Labute approximate surface area is 164 Å². The minimum atomic E-state index is -3.59. The molecule has 0 bridgehead atoms. The number of carbonyl (C=O) groups is 1. The summed E-state index contributed by atoms with van der Waals surface area (Å²) < 4.78 is 27.6. The molecule has 0 unspecified atom stereocenters. The standard InChI is InChI=1S/C19H23N5O3S/c25-18(23-9-11-24(12-10-23)19-20-7-2-8-21-19)16-3-1-4-17(13-16)28(26,27)22-14-15-5-6-15/h1-4,7-8,13,15,22H,5-6,9-12,14H2. The van der Waals surface area contributed by atoms with Crippen LogP contribution in [0.2, 0.25) is 0 Å². The molecular weight excluding hydrogens is 378 g/mol. The normalized spacial score (nSPS) is 17.6. The average molecular weight is 401 g/mol. The first-order valence-electron chi connectivity index (χ1n) is 9.44. The molecular formula is C19H23N5O3S. The van der Waals surface area contributed by atoms with E-state index in [0.717, 1.165) is 12.8 Å². The summed E-state index contributed by atoms with van der Waals surface area (Å²) in [5, 5.41) is 0. The number of nitrogens with zero attached hydrogens (tertiary/aromatic N) is 4. The van der Waals surface area contributed by atoms with Crippen LogP contribution in [0.4, 0.5) is 5.95 Å². The maximum Gasteiger partial charge on any atom is 0.254 e. The van der Waals surface area contributed by atoms with E-state index in [4.69, 9.17) is 0 Å². The van der Waals surface area contributed by atoms with Crippen LogP contribution in [-0.4, -0.2) is 61.9 Å². The van der Waals surface area contributed by atoms with Crippen LogP contribution >= 0.6 is 0 Å². The van der Waals surface area contributed by atoms with Gasteiger partial charge in [-0.3, -0.25) is 4.79 Å². The van der Waals surface area contributed by atoms with E-state index in [1.54, 1.807) is 35.5 Å². The number of sulfonamides is 1. The Hall–Kier alpha value is -2.52. The summed E-state index contributed by atoms with van der Waals surface area (Å²) >= 11 is 0. The molecule has 2 aliphatic rings. The van der Waals surface area contributed by atoms with Crippen molar-refractivity contribution in [2.45, 2.75) is 17.7 Å². The predicted molar refractivity (Wildman–Crippen MR) is 105 cm³/mol. The summed E-state index contributed by atoms with van der Waals surface area (Å²) in [6, 6.07) is 8.03. The van der Waals surface area contributed by atoms with Gasteiger partial charge in [0.2, 0.25) is 16.0 Å². The third-order valence-electron chi connectivity index (χ3n) is 5.05. The van der Waals surface area contributed by atoms with Crippen LogP contribution in [0, 0.1) is 5.92 Å². The second-order valence-electron chi connectivity index (χ2n) is 7.15. The number of benzene rings is 1. The minimum absolute atomic E-state index is 0.135. The molecule has 1 saturated carbocycles. The predicted octanol–water partition coefficient (Wildman–Crippen LogP) is 1.13. The number of piperazine rings is 1. The molecule has 28 heavy (non-hydrogen) atoms. The van der Waals surface area contributed by atoms with E-state index in [0.29, 0.717) is 50.2 Å². The van der Waals surface area contributed by atoms with Gasteiger partial charge in [0.25, 0.3) is 5.91 Å². The van der Waals surface area contributed by atoms with E-state index in [9.17, 15) is 13.2 Å². The maximum absolute atomic E-state index is 12.9. The second kappa shape index (κ2) is 7.84. The zero-order valence-corrected chi connectivity index (χ0v) is 16.3. The van der Waals surface area contributed by atoms with Gasteiger partial charge in [0.05, 0.1) is 4.90 Å². The van der Waals surface area contributed by atoms with Crippen LogP contribution < -0.4 is 9.62 Å². The highest BCUT2D eigenvalue weighted by atomic mass is 32.2. The fraction of sp³-hybridized carbons (Fsp3) is 0.421. The summed E-state index contributed by atoms with van der Waals surface area (Å²) in [6.45, 7) is 2.80. The number of nitrogens with one attached hydrogen (secondary N) is 1. The van der Waals surface area contributed by atoms with Crippen LogP contribution in [0.5, 0.6) is 0 Å². The Kier molecular flexibility index (Phi) is 5.27. The molecule has 1 aliphatic heterocycles. The van der Waals surface area contributed by atoms with E-state index in [-0.39, 0.29) is 10.8 Å². The van der Waals surface area contributed by atoms with Gasteiger partial charge in [0.15, 0.2) is 0 Å². The van der Waals surface area contributed by atoms with Crippen LogP contribution in [0.15, 0.2) is 47.6 Å². The quantitative estimate of drug-likeness (QED) is 0.780. The molecule has 9 heteroatoms. The molecule has 2 aromatic rings. The second-order valence-corrected chi connectivity index (χ2v) is 8.92. The van der Waals surface area contributed by atoms with Gasteiger partial charge in [0, 0.05) is 50.7 Å². The van der Waals surface area contributed by atoms with Gasteiger partial charge in [-0.2, -0.15) is 0 Å². The number of amides is 1. The molecule has 4 rings (SSSR count). The van der Waals surface area contributed by atoms with Gasteiger partial charge in [-0.1, -0.05) is 6.07 Å². The van der Waals surface area contributed by atoms with E-state index in [1.165, 1.54) is 12.1 Å². The minimum Gasteiger partial charge on any atom is -0.337 e. The molecule has 1 aliphatic carbocycles. The SMILES string of the molecule is O=C(c1cccc(S(=O)(=O)NCC2CC2)c1)N1CCN(c2ncccn2)CC1. The van der Waals surface area contributed by atoms with Crippen LogP contribution in [0.1, 0.15) is 23.2 Å². The molecule has 148 valence electrons. The van der Waals surface area contributed by atoms with Gasteiger partial charge in [0.1, 0.15) is 0 Å². The monoisotopic (exact) mass is 401 g/mol. The van der Waals surface area contributed by atoms with Gasteiger partial charge >= 0.3 is 0 Å². The van der Waals surface area contributed by atoms with Crippen molar-refractivity contribution in [1.82, 2.24) is 19.6 Å². The van der Waals surface area contributed by atoms with Gasteiger partial charge in [-0.25, -0.2) is 23.1 Å². The topological polar surface area (TPSA) is 95.5 Å². The average Bonchev–Trinajstić information content (AvgIpc) is 3.57. The number of carbonyl (C=O) groups excluding carboxylic acids is 1. The first-order chi connectivity index (χ1) is 13.5. The molecule has 1 aromatic carbocycles. The van der Waals surface area contributed by atoms with Gasteiger partial charge in [-0.05, 0) is 43.0 Å². The van der Waals surface area contributed by atoms with E-state index < -0.39 is 10.0 Å². The van der Waals surface area contributed by atoms with Gasteiger partial charge in [-0.15, -0.1) is 0 Å². The Morgan fingerprint density at radius 1 is 1.07 bits per heavy atom. The van der Waals surface area contributed by atoms with Crippen molar-refractivity contribution < 1.29 is 13.2 Å². The lowest BCUT2D eigenvalue weighted by Gasteiger charge is -2.34. The van der Waals surface area contributed by atoms with E-state index in [2.05, 4.69) is 14.7 Å². The molecule has 0 radical (unpaired) electrons. The number of rotatable bonds is 6. The molecule has 0 atom stereocenters. The number of aromatic nitrogens is 2. The Balaban J connectivity index is 1.41. The summed E-state index contributed by atoms with van der Waals surface area (Å²) in [4.78, 5) is 25.2. The van der Waals surface area contributed by atoms with Crippen molar-refractivity contribution in [3.8, 4) is 0 Å². The molecule has 1 N–H and O–H groups in total. The lowest BCUT2D eigenvalue weighted by molar-refractivity contribution is 0.0746. The van der Waals surface area contributed by atoms with Crippen LogP contribution in [0.3, 0.4) is 0 Å². The van der Waals surface area contributed by atoms with Crippen LogP contribution in [0.25, 0.3) is 0 Å². The molecule has 1 saturated heterocycles. The Bertz CT molecular complexity index is 939. The highest BCUT2D eigenvalue weighted by molar-refractivity contribution is 7.89. The highest BCUT2D eigenvalue weighted by Crippen LogP contribution is 2.28. The number of anilines is 1. The smallest absolute Gasteiger partial charge is 0.254 e. The summed E-state index contributed by atoms with van der Waals surface area (Å²) in [5.74, 6) is 0.946.